The van der Waals surface area contributed by atoms with E-state index in [1.165, 1.54) is 25.7 Å². The Morgan fingerprint density at radius 1 is 0.909 bits per heavy atom. The van der Waals surface area contributed by atoms with Crippen molar-refractivity contribution in [3.63, 3.8) is 0 Å². The van der Waals surface area contributed by atoms with E-state index >= 15 is 0 Å². The lowest BCUT2D eigenvalue weighted by Gasteiger charge is -2.36. The number of rotatable bonds is 4. The average molecular weight is 308 g/mol. The maximum Gasteiger partial charge on any atom is 0.222 e. The molecular weight excluding hydrogens is 276 g/mol. The molecule has 0 spiro atoms. The monoisotopic (exact) mass is 308 g/mol. The summed E-state index contributed by atoms with van der Waals surface area (Å²) in [6.07, 6.45) is 11.2. The van der Waals surface area contributed by atoms with Crippen LogP contribution in [0.1, 0.15) is 57.8 Å². The zero-order valence-electron chi connectivity index (χ0n) is 14.1. The molecule has 3 fully saturated rings. The normalized spacial score (nSPS) is 26.7. The number of carbonyl (C=O) groups is 1. The highest BCUT2D eigenvalue weighted by molar-refractivity contribution is 5.76. The fourth-order valence-corrected chi connectivity index (χ4v) is 4.22. The van der Waals surface area contributed by atoms with E-state index in [4.69, 9.17) is 4.74 Å². The summed E-state index contributed by atoms with van der Waals surface area (Å²) in [6, 6.07) is 0. The van der Waals surface area contributed by atoms with Gasteiger partial charge >= 0.3 is 0 Å². The van der Waals surface area contributed by atoms with E-state index in [0.717, 1.165) is 58.3 Å². The summed E-state index contributed by atoms with van der Waals surface area (Å²) in [5.41, 5.74) is 0. The van der Waals surface area contributed by atoms with Crippen molar-refractivity contribution in [2.45, 2.75) is 70.0 Å². The number of amides is 1. The van der Waals surface area contributed by atoms with Crippen molar-refractivity contribution in [3.8, 4) is 0 Å². The van der Waals surface area contributed by atoms with E-state index in [9.17, 15) is 4.79 Å². The quantitative estimate of drug-likeness (QED) is 0.800. The minimum atomic E-state index is 0.379. The molecule has 22 heavy (non-hydrogen) atoms. The fraction of sp³-hybridized carbons (Fsp3) is 0.944. The summed E-state index contributed by atoms with van der Waals surface area (Å²) in [5.74, 6) is 1.06. The van der Waals surface area contributed by atoms with E-state index in [1.807, 2.05) is 0 Å². The molecule has 3 aliphatic rings. The van der Waals surface area contributed by atoms with Crippen LogP contribution in [-0.2, 0) is 9.53 Å². The maximum atomic E-state index is 12.4. The molecule has 0 aromatic rings. The van der Waals surface area contributed by atoms with Gasteiger partial charge in [0.25, 0.3) is 0 Å². The second-order valence-electron chi connectivity index (χ2n) is 7.57. The van der Waals surface area contributed by atoms with Crippen LogP contribution in [0.25, 0.3) is 0 Å². The Balaban J connectivity index is 1.35. The Bertz CT molecular complexity index is 352. The highest BCUT2D eigenvalue weighted by atomic mass is 16.5. The van der Waals surface area contributed by atoms with E-state index in [0.29, 0.717) is 24.0 Å². The van der Waals surface area contributed by atoms with E-state index in [-0.39, 0.29) is 0 Å². The van der Waals surface area contributed by atoms with Gasteiger partial charge in [-0.15, -0.1) is 0 Å². The van der Waals surface area contributed by atoms with Crippen LogP contribution in [0.2, 0.25) is 0 Å². The fourth-order valence-electron chi connectivity index (χ4n) is 4.22. The Labute approximate surface area is 135 Å². The molecule has 0 bridgehead atoms. The molecule has 1 amide bonds. The molecule has 0 radical (unpaired) electrons. The first-order valence-corrected chi connectivity index (χ1v) is 9.32. The molecule has 4 heteroatoms. The van der Waals surface area contributed by atoms with Crippen molar-refractivity contribution in [2.24, 2.45) is 5.92 Å². The molecule has 0 unspecified atom stereocenters. The van der Waals surface area contributed by atoms with Gasteiger partial charge in [-0.2, -0.15) is 0 Å². The van der Waals surface area contributed by atoms with Gasteiger partial charge in [0, 0.05) is 32.6 Å². The average Bonchev–Trinajstić information content (AvgIpc) is 3.03. The number of carbonyl (C=O) groups excluding carboxylic acids is 1. The zero-order chi connectivity index (χ0) is 15.4. The van der Waals surface area contributed by atoms with Crippen molar-refractivity contribution >= 4 is 5.91 Å². The zero-order valence-corrected chi connectivity index (χ0v) is 14.1. The lowest BCUT2D eigenvalue weighted by molar-refractivity contribution is -0.136. The van der Waals surface area contributed by atoms with Gasteiger partial charge in [0.15, 0.2) is 0 Å². The van der Waals surface area contributed by atoms with Crippen LogP contribution >= 0.6 is 0 Å². The van der Waals surface area contributed by atoms with Gasteiger partial charge in [-0.25, -0.2) is 0 Å². The van der Waals surface area contributed by atoms with Crippen LogP contribution in [0.3, 0.4) is 0 Å². The largest absolute Gasteiger partial charge is 0.375 e. The van der Waals surface area contributed by atoms with Gasteiger partial charge in [-0.1, -0.05) is 12.8 Å². The molecular formula is C18H32N2O2. The molecule has 1 saturated carbocycles. The summed E-state index contributed by atoms with van der Waals surface area (Å²) < 4.78 is 6.28. The molecule has 2 heterocycles. The number of likely N-dealkylation sites (tertiary alicyclic amines) is 2. The first-order chi connectivity index (χ1) is 10.7. The van der Waals surface area contributed by atoms with Gasteiger partial charge in [0.2, 0.25) is 5.91 Å². The van der Waals surface area contributed by atoms with Crippen molar-refractivity contribution in [1.82, 2.24) is 9.80 Å². The highest BCUT2D eigenvalue weighted by Crippen LogP contribution is 2.29. The Morgan fingerprint density at radius 2 is 1.45 bits per heavy atom. The maximum absolute atomic E-state index is 12.4. The first-order valence-electron chi connectivity index (χ1n) is 9.32. The summed E-state index contributed by atoms with van der Waals surface area (Å²) in [6.45, 7) is 4.12. The Hall–Kier alpha value is -0.610. The summed E-state index contributed by atoms with van der Waals surface area (Å²) >= 11 is 0. The number of hydrogen-bond donors (Lipinski definition) is 0. The van der Waals surface area contributed by atoms with Crippen molar-refractivity contribution in [2.75, 3.05) is 33.2 Å². The number of nitrogens with zero attached hydrogens (tertiary/aromatic N) is 2. The summed E-state index contributed by atoms with van der Waals surface area (Å²) in [5, 5.41) is 0. The smallest absolute Gasteiger partial charge is 0.222 e. The second kappa shape index (κ2) is 7.78. The van der Waals surface area contributed by atoms with Crippen LogP contribution in [0.5, 0.6) is 0 Å². The van der Waals surface area contributed by atoms with Crippen molar-refractivity contribution < 1.29 is 9.53 Å². The topological polar surface area (TPSA) is 32.8 Å². The van der Waals surface area contributed by atoms with Gasteiger partial charge in [0.1, 0.15) is 0 Å². The number of piperidine rings is 2. The third kappa shape index (κ3) is 4.45. The molecule has 0 aromatic heterocycles. The molecule has 126 valence electrons. The van der Waals surface area contributed by atoms with E-state index in [2.05, 4.69) is 16.8 Å². The second-order valence-corrected chi connectivity index (χ2v) is 7.57. The lowest BCUT2D eigenvalue weighted by atomic mass is 10.0. The molecule has 3 rings (SSSR count). The Morgan fingerprint density at radius 3 is 2.05 bits per heavy atom. The third-order valence-electron chi connectivity index (χ3n) is 5.78. The van der Waals surface area contributed by atoms with Gasteiger partial charge in [-0.05, 0) is 51.5 Å². The SMILES string of the molecule is CN1CCC(OC2CCN(C(=O)CC3CCCC3)CC2)CC1. The van der Waals surface area contributed by atoms with Gasteiger partial charge in [-0.3, -0.25) is 4.79 Å². The third-order valence-corrected chi connectivity index (χ3v) is 5.78. The highest BCUT2D eigenvalue weighted by Gasteiger charge is 2.28. The van der Waals surface area contributed by atoms with Crippen molar-refractivity contribution in [3.05, 3.63) is 0 Å². The summed E-state index contributed by atoms with van der Waals surface area (Å²) in [7, 11) is 2.19. The molecule has 2 aliphatic heterocycles. The molecule has 2 saturated heterocycles. The molecule has 0 aromatic carbocycles. The minimum Gasteiger partial charge on any atom is -0.375 e. The van der Waals surface area contributed by atoms with Gasteiger partial charge < -0.3 is 14.5 Å². The Kier molecular flexibility index (Phi) is 5.75. The van der Waals surface area contributed by atoms with Crippen LogP contribution in [0.15, 0.2) is 0 Å². The van der Waals surface area contributed by atoms with Crippen LogP contribution < -0.4 is 0 Å². The molecule has 0 atom stereocenters. The first kappa shape index (κ1) is 16.3. The number of ether oxygens (including phenoxy) is 1. The van der Waals surface area contributed by atoms with Crippen molar-refractivity contribution in [1.29, 1.82) is 0 Å². The minimum absolute atomic E-state index is 0.379. The van der Waals surface area contributed by atoms with Crippen LogP contribution in [0.4, 0.5) is 0 Å². The molecule has 0 N–H and O–H groups in total. The summed E-state index contributed by atoms with van der Waals surface area (Å²) in [4.78, 5) is 16.8. The molecule has 4 nitrogen and oxygen atoms in total. The molecule has 1 aliphatic carbocycles. The lowest BCUT2D eigenvalue weighted by Crippen LogP contribution is -2.43. The predicted molar refractivity (Wildman–Crippen MR) is 87.8 cm³/mol. The van der Waals surface area contributed by atoms with E-state index in [1.54, 1.807) is 0 Å². The van der Waals surface area contributed by atoms with Crippen LogP contribution in [-0.4, -0.2) is 61.1 Å². The van der Waals surface area contributed by atoms with Crippen LogP contribution in [0, 0.1) is 5.92 Å². The van der Waals surface area contributed by atoms with E-state index < -0.39 is 0 Å². The number of hydrogen-bond acceptors (Lipinski definition) is 3. The standard InChI is InChI=1S/C18H32N2O2/c1-19-10-6-16(7-11-19)22-17-8-12-20(13-9-17)18(21)14-15-4-2-3-5-15/h15-17H,2-14H2,1H3. The van der Waals surface area contributed by atoms with Gasteiger partial charge in [0.05, 0.1) is 12.2 Å². The predicted octanol–water partition coefficient (Wildman–Crippen LogP) is 2.67.